The topological polar surface area (TPSA) is 432 Å². The number of thiazole rings is 6. The Morgan fingerprint density at radius 3 is 1.01 bits per heavy atom. The molecule has 0 amide bonds. The predicted octanol–water partition coefficient (Wildman–Crippen LogP) is 24.3. The lowest BCUT2D eigenvalue weighted by atomic mass is 10.00. The predicted molar refractivity (Wildman–Crippen MR) is 587 cm³/mol. The van der Waals surface area contributed by atoms with Crippen molar-refractivity contribution in [1.82, 2.24) is 78.9 Å². The van der Waals surface area contributed by atoms with Crippen LogP contribution in [0, 0.1) is 6.92 Å². The largest absolute Gasteiger partial charge is 0.465 e. The summed E-state index contributed by atoms with van der Waals surface area (Å²) in [5.74, 6) is 4.35. The van der Waals surface area contributed by atoms with Crippen LogP contribution in [-0.2, 0) is 72.8 Å². The van der Waals surface area contributed by atoms with Gasteiger partial charge >= 0.3 is 5.97 Å². The van der Waals surface area contributed by atoms with Crippen LogP contribution >= 0.6 is 125 Å². The van der Waals surface area contributed by atoms with Crippen molar-refractivity contribution in [2.75, 3.05) is 64.5 Å². The lowest BCUT2D eigenvalue weighted by Gasteiger charge is -2.09. The fraction of sp³-hybridized carbons (Fsp3) is 0.253. The molecule has 1 aromatic carbocycles. The molecule has 0 bridgehead atoms. The maximum atomic E-state index is 12.9. The highest BCUT2D eigenvalue weighted by Gasteiger charge is 2.30. The van der Waals surface area contributed by atoms with E-state index in [9.17, 15) is 25.8 Å². The van der Waals surface area contributed by atoms with E-state index < -0.39 is 60.0 Å². The number of thiophene rings is 5. The number of imidazole rings is 2. The first-order chi connectivity index (χ1) is 67.5. The molecule has 139 heavy (non-hydrogen) atoms. The first-order valence-electron chi connectivity index (χ1n) is 44.0. The summed E-state index contributed by atoms with van der Waals surface area (Å²) < 4.78 is 76.2. The van der Waals surface area contributed by atoms with Crippen molar-refractivity contribution in [3.8, 4) is 109 Å². The molecule has 5 unspecified atom stereocenters. The van der Waals surface area contributed by atoms with Crippen LogP contribution in [0.15, 0.2) is 188 Å². The Bertz CT molecular complexity index is 7800. The molecule has 0 spiro atoms. The van der Waals surface area contributed by atoms with Crippen LogP contribution in [0.1, 0.15) is 115 Å². The molecule has 44 heteroatoms. The monoisotopic (exact) mass is 2150 g/mol. The van der Waals surface area contributed by atoms with Gasteiger partial charge in [0.25, 0.3) is 0 Å². The number of fused-ring (bicyclic) bond motifs is 5. The van der Waals surface area contributed by atoms with Gasteiger partial charge < -0.3 is 42.5 Å². The van der Waals surface area contributed by atoms with Gasteiger partial charge in [0.1, 0.15) is 115 Å². The summed E-state index contributed by atoms with van der Waals surface area (Å²) >= 11 is 16.3. The summed E-state index contributed by atoms with van der Waals surface area (Å²) in [7, 11) is -0.348. The number of hydrogen-bond acceptors (Lipinski definition) is 37. The van der Waals surface area contributed by atoms with Gasteiger partial charge in [0.15, 0.2) is 0 Å². The average Bonchev–Trinajstić information content (AvgIpc) is 1.60. The van der Waals surface area contributed by atoms with Crippen LogP contribution in [0.5, 0.6) is 0 Å². The standard InChI is InChI=1S/C22H21N3O3S3.C19H21N5OS3.C19H18N4OS3.C18H19N5OS3.C17H16N4OS4/c1-3-4-10-31(27)22-18(23)17-15(13-6-5-7-14(11-13)21(26)28-2)12-16(25-20(17)30-22)19-24-8-9-29-19;1-4-5-8-28(25)19-16(20)15-12(14-10-22-11(2)24(14)3)9-13(23-18(15)27-19)17-21-6-7-26-17;1-2-3-9-27(24)19-16(20)15-13(12-5-4-6-21-11-12)10-14(23-18(15)26-19)17-22-7-8-25-17;1-3-4-9-27(24)18-14(19)13-11(15-20-5-7-23(15)2)10-12(22-17(13)26-18)16-21-6-8-25-16;1-2-3-8-26(22)17-13(18)12-10(14-19-4-6-23-14)9-11(21-16(12)25-17)15-20-5-7-24-15/h5-9,11-12H,3-4,10,23H2,1-2H3;6-7,9-10H,4-5,8,20H2,1-3H3;4-8,10-11H,2-3,9,20H2,1H3;5-8,10H,3-4,9,19H2,1-2H3;4-7,9H,2-3,8,18H2,1H3. The van der Waals surface area contributed by atoms with Crippen LogP contribution < -0.4 is 28.7 Å². The number of nitrogen functional groups attached to an aromatic ring is 5. The van der Waals surface area contributed by atoms with E-state index in [-0.39, 0.29) is 0 Å². The molecule has 28 nitrogen and oxygen atoms in total. The van der Waals surface area contributed by atoms with Crippen LogP contribution in [0.2, 0.25) is 0 Å². The van der Waals surface area contributed by atoms with E-state index in [2.05, 4.69) is 79.5 Å². The number of rotatable bonds is 31. The molecule has 0 radical (unpaired) electrons. The smallest absolute Gasteiger partial charge is 0.337 e. The van der Waals surface area contributed by atoms with Crippen LogP contribution in [0.25, 0.3) is 160 Å². The molecule has 718 valence electrons. The van der Waals surface area contributed by atoms with E-state index >= 15 is 0 Å². The number of hydrogen-bond donors (Lipinski definition) is 5. The number of aryl methyl sites for hydroxylation is 2. The second kappa shape index (κ2) is 46.8. The fourth-order valence-electron chi connectivity index (χ4n) is 14.7. The van der Waals surface area contributed by atoms with Crippen molar-refractivity contribution in [1.29, 1.82) is 0 Å². The van der Waals surface area contributed by atoms with Crippen LogP contribution in [0.4, 0.5) is 28.4 Å². The molecule has 0 aliphatic carbocycles. The second-order valence-electron chi connectivity index (χ2n) is 31.2. The highest BCUT2D eigenvalue weighted by atomic mass is 32.2. The third-order valence-electron chi connectivity index (χ3n) is 21.8. The number of ether oxygens (including phenoxy) is 1. The molecule has 10 N–H and O–H groups in total. The summed E-state index contributed by atoms with van der Waals surface area (Å²) in [6.07, 6.45) is 29.1. The molecular formula is C95H95N21O7S16. The van der Waals surface area contributed by atoms with E-state index in [1.807, 2.05) is 130 Å². The normalized spacial score (nSPS) is 12.5. The summed E-state index contributed by atoms with van der Waals surface area (Å²) in [6.45, 7) is 12.4. The Labute approximate surface area is 858 Å². The zero-order chi connectivity index (χ0) is 97.7. The second-order valence-corrected chi connectivity index (χ2v) is 50.3. The van der Waals surface area contributed by atoms with Gasteiger partial charge in [0, 0.05) is 186 Å². The zero-order valence-corrected chi connectivity index (χ0v) is 89.8. The van der Waals surface area contributed by atoms with Crippen molar-refractivity contribution in [3.05, 3.63) is 179 Å². The Balaban J connectivity index is 0.000000126. The van der Waals surface area contributed by atoms with Gasteiger partial charge in [-0.3, -0.25) is 26.0 Å². The number of esters is 1. The number of methoxy groups -OCH3 is 1. The number of pyridine rings is 6. The summed E-state index contributed by atoms with van der Waals surface area (Å²) in [6, 6.07) is 21.0. The number of anilines is 5. The van der Waals surface area contributed by atoms with E-state index in [4.69, 9.17) is 58.3 Å². The van der Waals surface area contributed by atoms with E-state index in [0.717, 1.165) is 224 Å². The third-order valence-corrected chi connectivity index (χ3v) is 41.6. The van der Waals surface area contributed by atoms with E-state index in [0.29, 0.717) is 90.1 Å². The Kier molecular flexibility index (Phi) is 34.1. The van der Waals surface area contributed by atoms with Crippen molar-refractivity contribution < 1.29 is 30.6 Å². The van der Waals surface area contributed by atoms with Crippen LogP contribution in [0.3, 0.4) is 0 Å². The van der Waals surface area contributed by atoms with Gasteiger partial charge in [-0.05, 0) is 104 Å². The molecule has 19 aromatic heterocycles. The number of nitrogens with two attached hydrogens (primary N) is 5. The molecule has 0 saturated carbocycles. The third kappa shape index (κ3) is 22.5. The average molecular weight is 2160 g/mol. The maximum absolute atomic E-state index is 12.9. The van der Waals surface area contributed by atoms with Gasteiger partial charge in [-0.25, -0.2) is 69.6 Å². The lowest BCUT2D eigenvalue weighted by Crippen LogP contribution is -2.01. The molecule has 19 heterocycles. The van der Waals surface area contributed by atoms with Gasteiger partial charge in [-0.2, -0.15) is 0 Å². The summed E-state index contributed by atoms with van der Waals surface area (Å²) in [5.41, 5.74) is 46.7. The first-order valence-corrected chi connectivity index (χ1v) is 60.0. The molecule has 0 aliphatic rings. The number of nitrogens with zero attached hydrogens (tertiary/aromatic N) is 16. The lowest BCUT2D eigenvalue weighted by molar-refractivity contribution is 0.0600. The van der Waals surface area contributed by atoms with Gasteiger partial charge in [-0.1, -0.05) is 84.9 Å². The Morgan fingerprint density at radius 1 is 0.367 bits per heavy atom. The summed E-state index contributed by atoms with van der Waals surface area (Å²) in [4.78, 5) is 79.4. The molecule has 0 aliphatic heterocycles. The molecular weight excluding hydrogens is 2060 g/mol. The number of aromatic nitrogens is 16. The van der Waals surface area contributed by atoms with Gasteiger partial charge in [-0.15, -0.1) is 125 Å². The van der Waals surface area contributed by atoms with Crippen molar-refractivity contribution in [2.24, 2.45) is 14.1 Å². The number of unbranched alkanes of at least 4 members (excludes halogenated alkanes) is 5. The quantitative estimate of drug-likeness (QED) is 0.0252. The highest BCUT2D eigenvalue weighted by Crippen LogP contribution is 2.50. The fourth-order valence-corrected chi connectivity index (χ4v) is 32.3. The number of carbonyl (C=O) groups is 1. The summed E-state index contributed by atoms with van der Waals surface area (Å²) in [5, 5.41) is 20.8. The van der Waals surface area contributed by atoms with Crippen molar-refractivity contribution >= 4 is 264 Å². The number of carbonyl (C=O) groups excluding carboxylic acids is 1. The zero-order valence-electron chi connectivity index (χ0n) is 76.7. The van der Waals surface area contributed by atoms with Crippen LogP contribution in [-0.4, -0.2) is 142 Å². The highest BCUT2D eigenvalue weighted by molar-refractivity contribution is 7.89. The Hall–Kier alpha value is -10.7. The maximum Gasteiger partial charge on any atom is 0.337 e. The molecule has 5 atom stereocenters. The first kappa shape index (κ1) is 101. The number of benzene rings is 1. The molecule has 0 fully saturated rings. The molecule has 20 rings (SSSR count). The van der Waals surface area contributed by atoms with Gasteiger partial charge in [0.2, 0.25) is 0 Å². The minimum Gasteiger partial charge on any atom is -0.465 e. The minimum atomic E-state index is -1.18. The molecule has 0 saturated heterocycles. The SMILES string of the molecule is CCCCS(=O)c1sc2nc(-c3nccs3)cc(-c3cccc(C(=O)OC)c3)c2c1N.CCCCS(=O)c1sc2nc(-c3nccs3)cc(-c3cccnc3)c2c1N.CCCCS(=O)c1sc2nc(-c3nccs3)cc(-c3cnc(C)n3C)c2c1N.CCCCS(=O)c1sc2nc(-c3nccs3)cc(-c3nccn3C)c2c1N.CCCCS(=O)c1sc2nc(-c3nccs3)cc(-c3nccs3)c2c1N. The van der Waals surface area contributed by atoms with Crippen molar-refractivity contribution in [2.45, 2.75) is 127 Å². The Morgan fingerprint density at radius 2 is 0.691 bits per heavy atom. The van der Waals surface area contributed by atoms with E-state index in [1.54, 1.807) is 113 Å². The van der Waals surface area contributed by atoms with Gasteiger partial charge in [0.05, 0.1) is 107 Å². The van der Waals surface area contributed by atoms with Crippen molar-refractivity contribution in [3.63, 3.8) is 0 Å². The van der Waals surface area contributed by atoms with E-state index in [1.165, 1.54) is 86.5 Å². The minimum absolute atomic E-state index is 0.410. The molecule has 20 aromatic rings.